The van der Waals surface area contributed by atoms with Crippen molar-refractivity contribution in [3.8, 4) is 0 Å². The van der Waals surface area contributed by atoms with Gasteiger partial charge in [-0.25, -0.2) is 0 Å². The largest absolute Gasteiger partial charge is 0.318 e. The molecule has 4 heteroatoms. The van der Waals surface area contributed by atoms with Crippen LogP contribution >= 0.6 is 0 Å². The van der Waals surface area contributed by atoms with Gasteiger partial charge in [-0.15, -0.1) is 0 Å². The molecule has 23 heavy (non-hydrogen) atoms. The molecule has 3 rings (SSSR count). The third kappa shape index (κ3) is 3.11. The molecule has 0 radical (unpaired) electrons. The molecular weight excluding hydrogens is 288 g/mol. The van der Waals surface area contributed by atoms with E-state index in [2.05, 4.69) is 19.2 Å². The monoisotopic (exact) mass is 308 g/mol. The van der Waals surface area contributed by atoms with Crippen LogP contribution in [0.1, 0.15) is 30.9 Å². The summed E-state index contributed by atoms with van der Waals surface area (Å²) in [5.74, 6) is -0.677. The van der Waals surface area contributed by atoms with Crippen LogP contribution in [0.5, 0.6) is 0 Å². The Morgan fingerprint density at radius 2 is 1.74 bits per heavy atom. The second-order valence-electron chi connectivity index (χ2n) is 6.07. The molecule has 1 N–H and O–H groups in total. The maximum atomic E-state index is 12.4. The summed E-state index contributed by atoms with van der Waals surface area (Å²) in [7, 11) is 0. The highest BCUT2D eigenvalue weighted by Gasteiger charge is 2.28. The van der Waals surface area contributed by atoms with Crippen molar-refractivity contribution < 1.29 is 9.59 Å². The minimum Gasteiger partial charge on any atom is -0.318 e. The highest BCUT2D eigenvalue weighted by Crippen LogP contribution is 2.27. The van der Waals surface area contributed by atoms with E-state index in [1.165, 1.54) is 5.56 Å². The molecule has 2 amide bonds. The molecule has 0 saturated carbocycles. The van der Waals surface area contributed by atoms with E-state index in [-0.39, 0.29) is 0 Å². The van der Waals surface area contributed by atoms with Gasteiger partial charge in [0.05, 0.1) is 0 Å². The van der Waals surface area contributed by atoms with Crippen LogP contribution in [0.4, 0.5) is 11.4 Å². The van der Waals surface area contributed by atoms with Gasteiger partial charge in [0.15, 0.2) is 0 Å². The molecule has 2 aromatic carbocycles. The number of nitrogens with zero attached hydrogens (tertiary/aromatic N) is 1. The molecule has 0 bridgehead atoms. The smallest absolute Gasteiger partial charge is 0.316 e. The number of hydrogen-bond acceptors (Lipinski definition) is 2. The van der Waals surface area contributed by atoms with Crippen LogP contribution in [-0.4, -0.2) is 18.4 Å². The predicted octanol–water partition coefficient (Wildman–Crippen LogP) is 3.34. The molecule has 2 aromatic rings. The SMILES string of the molecule is CC(C)c1ccc(NC(=O)C(=O)N2CCc3ccccc32)cc1. The Hall–Kier alpha value is -2.62. The fourth-order valence-corrected chi connectivity index (χ4v) is 2.81. The number of carbonyl (C=O) groups excluding carboxylic acids is 2. The summed E-state index contributed by atoms with van der Waals surface area (Å²) in [6.07, 6.45) is 0.790. The summed E-state index contributed by atoms with van der Waals surface area (Å²) in [6, 6.07) is 15.3. The molecule has 0 saturated heterocycles. The Labute approximate surface area is 136 Å². The minimum absolute atomic E-state index is 0.433. The van der Waals surface area contributed by atoms with E-state index in [0.717, 1.165) is 17.7 Å². The van der Waals surface area contributed by atoms with Crippen molar-refractivity contribution in [3.05, 3.63) is 59.7 Å². The lowest BCUT2D eigenvalue weighted by molar-refractivity contribution is -0.134. The number of hydrogen-bond donors (Lipinski definition) is 1. The molecule has 0 unspecified atom stereocenters. The van der Waals surface area contributed by atoms with Crippen molar-refractivity contribution in [3.63, 3.8) is 0 Å². The molecule has 0 fully saturated rings. The van der Waals surface area contributed by atoms with E-state index >= 15 is 0 Å². The van der Waals surface area contributed by atoms with Crippen LogP contribution in [0, 0.1) is 0 Å². The average molecular weight is 308 g/mol. The topological polar surface area (TPSA) is 49.4 Å². The van der Waals surface area contributed by atoms with Gasteiger partial charge in [0.2, 0.25) is 0 Å². The maximum absolute atomic E-state index is 12.4. The zero-order valence-electron chi connectivity index (χ0n) is 13.4. The summed E-state index contributed by atoms with van der Waals surface area (Å²) in [5.41, 5.74) is 3.78. The van der Waals surface area contributed by atoms with Crippen LogP contribution in [0.3, 0.4) is 0 Å². The molecule has 1 aliphatic heterocycles. The average Bonchev–Trinajstić information content (AvgIpc) is 2.98. The molecular formula is C19H20N2O2. The molecule has 1 aliphatic rings. The van der Waals surface area contributed by atoms with Gasteiger partial charge in [-0.2, -0.15) is 0 Å². The molecule has 1 heterocycles. The van der Waals surface area contributed by atoms with Crippen LogP contribution in [0.15, 0.2) is 48.5 Å². The summed E-state index contributed by atoms with van der Waals surface area (Å²) < 4.78 is 0. The second-order valence-corrected chi connectivity index (χ2v) is 6.07. The zero-order valence-corrected chi connectivity index (χ0v) is 13.4. The lowest BCUT2D eigenvalue weighted by atomic mass is 10.0. The van der Waals surface area contributed by atoms with Crippen molar-refractivity contribution in [2.24, 2.45) is 0 Å². The zero-order chi connectivity index (χ0) is 16.4. The fourth-order valence-electron chi connectivity index (χ4n) is 2.81. The van der Waals surface area contributed by atoms with Gasteiger partial charge in [-0.1, -0.05) is 44.2 Å². The Morgan fingerprint density at radius 1 is 1.04 bits per heavy atom. The predicted molar refractivity (Wildman–Crippen MR) is 91.7 cm³/mol. The lowest BCUT2D eigenvalue weighted by Crippen LogP contribution is -2.38. The number of anilines is 2. The third-order valence-corrected chi connectivity index (χ3v) is 4.16. The first-order valence-electron chi connectivity index (χ1n) is 7.87. The van der Waals surface area contributed by atoms with Crippen molar-refractivity contribution >= 4 is 23.2 Å². The first-order valence-corrected chi connectivity index (χ1v) is 7.87. The van der Waals surface area contributed by atoms with Crippen molar-refractivity contribution in [2.45, 2.75) is 26.2 Å². The van der Waals surface area contributed by atoms with E-state index in [9.17, 15) is 9.59 Å². The third-order valence-electron chi connectivity index (χ3n) is 4.16. The number of para-hydroxylation sites is 1. The van der Waals surface area contributed by atoms with Gasteiger partial charge in [0.25, 0.3) is 0 Å². The van der Waals surface area contributed by atoms with Crippen LogP contribution in [0.25, 0.3) is 0 Å². The van der Waals surface area contributed by atoms with Gasteiger partial charge in [0.1, 0.15) is 0 Å². The Balaban J connectivity index is 1.70. The summed E-state index contributed by atoms with van der Waals surface area (Å²) in [4.78, 5) is 26.2. The van der Waals surface area contributed by atoms with Crippen LogP contribution < -0.4 is 10.2 Å². The molecule has 4 nitrogen and oxygen atoms in total. The van der Waals surface area contributed by atoms with Crippen molar-refractivity contribution in [1.82, 2.24) is 0 Å². The fraction of sp³-hybridized carbons (Fsp3) is 0.263. The molecule has 0 atom stereocenters. The minimum atomic E-state index is -0.598. The maximum Gasteiger partial charge on any atom is 0.316 e. The Kier molecular flexibility index (Phi) is 4.15. The van der Waals surface area contributed by atoms with E-state index < -0.39 is 11.8 Å². The van der Waals surface area contributed by atoms with Gasteiger partial charge >= 0.3 is 11.8 Å². The van der Waals surface area contributed by atoms with Gasteiger partial charge < -0.3 is 10.2 Å². The van der Waals surface area contributed by atoms with Crippen molar-refractivity contribution in [2.75, 3.05) is 16.8 Å². The van der Waals surface area contributed by atoms with E-state index in [1.807, 2.05) is 48.5 Å². The Bertz CT molecular complexity index is 735. The number of amides is 2. The molecule has 0 spiro atoms. The Morgan fingerprint density at radius 3 is 2.43 bits per heavy atom. The number of rotatable bonds is 2. The van der Waals surface area contributed by atoms with Crippen molar-refractivity contribution in [1.29, 1.82) is 0 Å². The first-order chi connectivity index (χ1) is 11.1. The van der Waals surface area contributed by atoms with Crippen LogP contribution in [0.2, 0.25) is 0 Å². The number of nitrogens with one attached hydrogen (secondary N) is 1. The second kappa shape index (κ2) is 6.24. The molecule has 118 valence electrons. The van der Waals surface area contributed by atoms with Gasteiger partial charge in [0, 0.05) is 17.9 Å². The molecule has 0 aromatic heterocycles. The number of benzene rings is 2. The summed E-state index contributed by atoms with van der Waals surface area (Å²) in [6.45, 7) is 4.78. The van der Waals surface area contributed by atoms with E-state index in [0.29, 0.717) is 18.2 Å². The highest BCUT2D eigenvalue weighted by atomic mass is 16.2. The van der Waals surface area contributed by atoms with Gasteiger partial charge in [-0.05, 0) is 41.7 Å². The van der Waals surface area contributed by atoms with Gasteiger partial charge in [-0.3, -0.25) is 9.59 Å². The summed E-state index contributed by atoms with van der Waals surface area (Å²) in [5, 5.41) is 2.69. The normalized spacial score (nSPS) is 13.1. The standard InChI is InChI=1S/C19H20N2O2/c1-13(2)14-7-9-16(10-8-14)20-18(22)19(23)21-12-11-15-5-3-4-6-17(15)21/h3-10,13H,11-12H2,1-2H3,(H,20,22). The lowest BCUT2D eigenvalue weighted by Gasteiger charge is -2.16. The van der Waals surface area contributed by atoms with Crippen LogP contribution in [-0.2, 0) is 16.0 Å². The highest BCUT2D eigenvalue weighted by molar-refractivity contribution is 6.44. The number of fused-ring (bicyclic) bond motifs is 1. The molecule has 0 aliphatic carbocycles. The number of carbonyl (C=O) groups is 2. The first kappa shape index (κ1) is 15.3. The van der Waals surface area contributed by atoms with E-state index in [4.69, 9.17) is 0 Å². The van der Waals surface area contributed by atoms with E-state index in [1.54, 1.807) is 4.90 Å². The quantitative estimate of drug-likeness (QED) is 0.865. The summed E-state index contributed by atoms with van der Waals surface area (Å²) >= 11 is 0.